The predicted molar refractivity (Wildman–Crippen MR) is 239 cm³/mol. The third kappa shape index (κ3) is 9.84. The van der Waals surface area contributed by atoms with Crippen molar-refractivity contribution in [1.82, 2.24) is 40.4 Å². The molecule has 4 aromatic carbocycles. The number of Topliss-reactive ketones (excluding diaryl/α,β-unsaturated/α-hetero) is 2. The number of nitrogens with zero attached hydrogens (tertiary/aromatic N) is 4. The van der Waals surface area contributed by atoms with E-state index in [0.717, 1.165) is 28.1 Å². The van der Waals surface area contributed by atoms with Crippen molar-refractivity contribution in [2.24, 2.45) is 0 Å². The summed E-state index contributed by atoms with van der Waals surface area (Å²) in [4.78, 5) is 97.5. The third-order valence-corrected chi connectivity index (χ3v) is 11.8. The number of alkyl carbamates (subject to hydrolysis) is 2. The van der Waals surface area contributed by atoms with Crippen molar-refractivity contribution in [3.05, 3.63) is 150 Å². The Morgan fingerprint density at radius 2 is 1.03 bits per heavy atom. The number of amides is 4. The van der Waals surface area contributed by atoms with Gasteiger partial charge in [-0.2, -0.15) is 0 Å². The highest BCUT2D eigenvalue weighted by atomic mass is 16.5. The van der Waals surface area contributed by atoms with Gasteiger partial charge in [0.1, 0.15) is 36.1 Å². The molecule has 6 aromatic rings. The Bertz CT molecular complexity index is 2500. The summed E-state index contributed by atoms with van der Waals surface area (Å²) in [6.45, 7) is 1.05. The number of aromatic nitrogens is 4. The standard InChI is InChI=1S/C49H48N8O9/c1-64-48(62)54-40(33-11-5-3-6-12-33)42(58)46(60)56-25-9-15-38(56)44-50-27-36(52-44)31-19-17-30(18-20-31)29-66-35-23-21-32(22-24-35)37-28-51-45(53-37)39-16-10-26-57(39)47(61)43(59)41(55-49(63)65-2)34-13-7-4-8-14-34/h3-8,11-14,17-24,27-28,38-41H,9-10,15-16,25-26,29H2,1-2H3,(H,50,52)(H,51,53)(H,54,62)(H,55,63)/t38-,39-,40-,41-/m0/s1. The minimum Gasteiger partial charge on any atom is -0.489 e. The van der Waals surface area contributed by atoms with Crippen molar-refractivity contribution in [2.45, 2.75) is 56.5 Å². The van der Waals surface area contributed by atoms with Crippen LogP contribution in [0, 0.1) is 0 Å². The van der Waals surface area contributed by atoms with E-state index in [2.05, 4.69) is 30.6 Å². The first-order valence-electron chi connectivity index (χ1n) is 21.5. The lowest BCUT2D eigenvalue weighted by molar-refractivity contribution is -0.146. The molecular weight excluding hydrogens is 845 g/mol. The highest BCUT2D eigenvalue weighted by molar-refractivity contribution is 6.39. The van der Waals surface area contributed by atoms with Crippen molar-refractivity contribution in [2.75, 3.05) is 27.3 Å². The molecule has 0 unspecified atom stereocenters. The average molecular weight is 893 g/mol. The van der Waals surface area contributed by atoms with Gasteiger partial charge in [0.25, 0.3) is 11.8 Å². The maximum atomic E-state index is 13.6. The summed E-state index contributed by atoms with van der Waals surface area (Å²) >= 11 is 0. The topological polar surface area (TPSA) is 218 Å². The molecule has 0 aliphatic carbocycles. The summed E-state index contributed by atoms with van der Waals surface area (Å²) in [5.41, 5.74) is 5.09. The number of hydrogen-bond acceptors (Lipinski definition) is 11. The molecular formula is C49H48N8O9. The van der Waals surface area contributed by atoms with Crippen molar-refractivity contribution < 1.29 is 43.0 Å². The predicted octanol–water partition coefficient (Wildman–Crippen LogP) is 6.71. The zero-order chi connectivity index (χ0) is 46.2. The van der Waals surface area contributed by atoms with Gasteiger partial charge in [0, 0.05) is 13.1 Å². The number of benzene rings is 4. The van der Waals surface area contributed by atoms with Crippen molar-refractivity contribution >= 4 is 35.6 Å². The molecule has 17 nitrogen and oxygen atoms in total. The number of rotatable bonds is 15. The van der Waals surface area contributed by atoms with Gasteiger partial charge in [0.2, 0.25) is 11.6 Å². The lowest BCUT2D eigenvalue weighted by atomic mass is 10.0. The van der Waals surface area contributed by atoms with E-state index in [0.29, 0.717) is 73.9 Å². The van der Waals surface area contributed by atoms with Crippen LogP contribution in [0.2, 0.25) is 0 Å². The summed E-state index contributed by atoms with van der Waals surface area (Å²) in [5, 5.41) is 5.00. The van der Waals surface area contributed by atoms with Gasteiger partial charge in [-0.25, -0.2) is 19.6 Å². The molecule has 66 heavy (non-hydrogen) atoms. The molecule has 8 rings (SSSR count). The Morgan fingerprint density at radius 1 is 0.606 bits per heavy atom. The first-order chi connectivity index (χ1) is 32.1. The number of aromatic amines is 2. The molecule has 17 heteroatoms. The number of likely N-dealkylation sites (tertiary alicyclic amines) is 2. The maximum absolute atomic E-state index is 13.6. The second-order valence-corrected chi connectivity index (χ2v) is 15.9. The Hall–Kier alpha value is -8.08. The first-order valence-corrected chi connectivity index (χ1v) is 21.5. The second kappa shape index (κ2) is 20.2. The van der Waals surface area contributed by atoms with Gasteiger partial charge in [-0.15, -0.1) is 0 Å². The van der Waals surface area contributed by atoms with E-state index in [9.17, 15) is 28.8 Å². The van der Waals surface area contributed by atoms with Crippen LogP contribution in [0.15, 0.2) is 122 Å². The molecule has 4 atom stereocenters. The quantitative estimate of drug-likeness (QED) is 0.0795. The molecule has 0 bridgehead atoms. The number of carbonyl (C=O) groups is 6. The zero-order valence-electron chi connectivity index (χ0n) is 36.3. The van der Waals surface area contributed by atoms with Gasteiger partial charge >= 0.3 is 12.2 Å². The Morgan fingerprint density at radius 3 is 1.45 bits per heavy atom. The van der Waals surface area contributed by atoms with Crippen molar-refractivity contribution in [1.29, 1.82) is 0 Å². The molecule has 4 N–H and O–H groups in total. The fourth-order valence-corrected chi connectivity index (χ4v) is 8.35. The van der Waals surface area contributed by atoms with Gasteiger partial charge in [0.05, 0.1) is 50.1 Å². The van der Waals surface area contributed by atoms with E-state index >= 15 is 0 Å². The van der Waals surface area contributed by atoms with Crippen LogP contribution < -0.4 is 15.4 Å². The summed E-state index contributed by atoms with van der Waals surface area (Å²) in [7, 11) is 2.39. The average Bonchev–Trinajstić information content (AvgIpc) is 4.22. The number of carbonyl (C=O) groups excluding carboxylic acids is 6. The van der Waals surface area contributed by atoms with Gasteiger partial charge in [-0.05, 0) is 77.8 Å². The maximum Gasteiger partial charge on any atom is 0.407 e. The number of H-pyrrole nitrogens is 2. The van der Waals surface area contributed by atoms with Crippen LogP contribution in [-0.2, 0) is 35.3 Å². The number of nitrogens with one attached hydrogen (secondary N) is 4. The smallest absolute Gasteiger partial charge is 0.407 e. The van der Waals surface area contributed by atoms with Crippen LogP contribution in [0.5, 0.6) is 5.75 Å². The molecule has 0 saturated carbocycles. The van der Waals surface area contributed by atoms with Crippen molar-refractivity contribution in [3.8, 4) is 28.3 Å². The van der Waals surface area contributed by atoms with E-state index in [1.165, 1.54) is 24.0 Å². The number of ether oxygens (including phenoxy) is 3. The largest absolute Gasteiger partial charge is 0.489 e. The van der Waals surface area contributed by atoms with Crippen LogP contribution in [0.4, 0.5) is 9.59 Å². The molecule has 338 valence electrons. The summed E-state index contributed by atoms with van der Waals surface area (Å²) in [5.74, 6) is -1.18. The number of imidazole rings is 2. The Labute approximate surface area is 379 Å². The summed E-state index contributed by atoms with van der Waals surface area (Å²) in [6.07, 6.45) is 4.37. The fraction of sp³-hybridized carbons (Fsp3) is 0.265. The van der Waals surface area contributed by atoms with Gasteiger partial charge < -0.3 is 44.6 Å². The molecule has 2 aliphatic rings. The highest BCUT2D eigenvalue weighted by Gasteiger charge is 2.40. The molecule has 2 aliphatic heterocycles. The van der Waals surface area contributed by atoms with Crippen LogP contribution >= 0.6 is 0 Å². The van der Waals surface area contributed by atoms with E-state index in [1.54, 1.807) is 73.1 Å². The van der Waals surface area contributed by atoms with E-state index in [4.69, 9.17) is 14.2 Å². The fourth-order valence-electron chi connectivity index (χ4n) is 8.35. The van der Waals surface area contributed by atoms with Crippen molar-refractivity contribution in [3.63, 3.8) is 0 Å². The zero-order valence-corrected chi connectivity index (χ0v) is 36.3. The molecule has 4 amide bonds. The molecule has 0 radical (unpaired) electrons. The molecule has 2 aromatic heterocycles. The number of methoxy groups -OCH3 is 2. The number of ketones is 2. The number of hydrogen-bond donors (Lipinski definition) is 4. The minimum atomic E-state index is -1.20. The summed E-state index contributed by atoms with van der Waals surface area (Å²) < 4.78 is 15.5. The van der Waals surface area contributed by atoms with Crippen LogP contribution in [0.25, 0.3) is 22.5 Å². The molecule has 0 spiro atoms. The lowest BCUT2D eigenvalue weighted by Gasteiger charge is -2.25. The third-order valence-electron chi connectivity index (χ3n) is 11.8. The van der Waals surface area contributed by atoms with Gasteiger partial charge in [0.15, 0.2) is 0 Å². The SMILES string of the molecule is COC(=O)N[C@H](C(=O)C(=O)N1CCC[C@H]1c1ncc(-c2ccc(COc3ccc(-c4cnc([C@@H]5CCCN5C(=O)C(=O)[C@@H](NC(=O)OC)c5ccccc5)[nH]4)cc3)cc2)[nH]1)c1ccccc1. The van der Waals surface area contributed by atoms with Gasteiger partial charge in [-0.1, -0.05) is 84.9 Å². The molecule has 2 saturated heterocycles. The molecule has 2 fully saturated rings. The monoisotopic (exact) mass is 892 g/mol. The highest BCUT2D eigenvalue weighted by Crippen LogP contribution is 2.35. The van der Waals surface area contributed by atoms with Gasteiger partial charge in [-0.3, -0.25) is 19.2 Å². The minimum absolute atomic E-state index is 0.314. The normalized spacial score (nSPS) is 16.5. The van der Waals surface area contributed by atoms with E-state index < -0.39 is 59.7 Å². The lowest BCUT2D eigenvalue weighted by Crippen LogP contribution is -2.44. The van der Waals surface area contributed by atoms with Crippen LogP contribution in [0.3, 0.4) is 0 Å². The first kappa shape index (κ1) is 44.5. The Kier molecular flexibility index (Phi) is 13.6. The Balaban J connectivity index is 0.859. The van der Waals surface area contributed by atoms with Crippen LogP contribution in [0.1, 0.15) is 78.2 Å². The molecule has 4 heterocycles. The van der Waals surface area contributed by atoms with Crippen LogP contribution in [-0.4, -0.2) is 92.6 Å². The van der Waals surface area contributed by atoms with E-state index in [-0.39, 0.29) is 0 Å². The second-order valence-electron chi connectivity index (χ2n) is 15.9. The summed E-state index contributed by atoms with van der Waals surface area (Å²) in [6, 6.07) is 29.2. The van der Waals surface area contributed by atoms with E-state index in [1.807, 2.05) is 48.5 Å².